The van der Waals surface area contributed by atoms with E-state index in [-0.39, 0.29) is 11.5 Å². The quantitative estimate of drug-likeness (QED) is 0.727. The molecule has 0 bridgehead atoms. The van der Waals surface area contributed by atoms with E-state index < -0.39 is 5.82 Å². The van der Waals surface area contributed by atoms with Crippen molar-refractivity contribution < 1.29 is 9.18 Å². The van der Waals surface area contributed by atoms with E-state index in [1.807, 2.05) is 0 Å². The number of carbonyl (C=O) groups excluding carboxylic acids is 1. The molecule has 0 unspecified atom stereocenters. The van der Waals surface area contributed by atoms with Crippen LogP contribution in [0.2, 0.25) is 0 Å². The van der Waals surface area contributed by atoms with Crippen molar-refractivity contribution in [3.8, 4) is 0 Å². The number of aromatic nitrogens is 1. The Bertz CT molecular complexity index is 861. The molecule has 0 atom stereocenters. The summed E-state index contributed by atoms with van der Waals surface area (Å²) in [5, 5.41) is 5.92. The Labute approximate surface area is 145 Å². The summed E-state index contributed by atoms with van der Waals surface area (Å²) in [5.41, 5.74) is 3.20. The van der Waals surface area contributed by atoms with Crippen molar-refractivity contribution >= 4 is 17.4 Å². The lowest BCUT2D eigenvalue weighted by Crippen LogP contribution is -2.12. The molecular formula is C20H18FN3O. The minimum Gasteiger partial charge on any atom is -0.366 e. The van der Waals surface area contributed by atoms with Gasteiger partial charge in [-0.05, 0) is 42.8 Å². The van der Waals surface area contributed by atoms with E-state index in [0.717, 1.165) is 5.56 Å². The van der Waals surface area contributed by atoms with Crippen LogP contribution < -0.4 is 10.6 Å². The number of nitrogens with one attached hydrogen (secondary N) is 2. The van der Waals surface area contributed by atoms with Crippen molar-refractivity contribution in [2.45, 2.75) is 13.5 Å². The number of halogens is 1. The second-order valence-corrected chi connectivity index (χ2v) is 5.74. The Hall–Kier alpha value is -3.21. The number of benzene rings is 2. The Kier molecular flexibility index (Phi) is 5.04. The lowest BCUT2D eigenvalue weighted by Gasteiger charge is -2.08. The molecule has 0 spiro atoms. The normalized spacial score (nSPS) is 10.3. The number of carbonyl (C=O) groups is 1. The monoisotopic (exact) mass is 335 g/mol. The zero-order valence-corrected chi connectivity index (χ0v) is 13.8. The zero-order chi connectivity index (χ0) is 17.6. The zero-order valence-electron chi connectivity index (χ0n) is 13.8. The van der Waals surface area contributed by atoms with Gasteiger partial charge in [0.25, 0.3) is 5.91 Å². The van der Waals surface area contributed by atoms with Crippen molar-refractivity contribution in [3.63, 3.8) is 0 Å². The van der Waals surface area contributed by atoms with Crippen LogP contribution in [0, 0.1) is 12.7 Å². The summed E-state index contributed by atoms with van der Waals surface area (Å²) in [6.45, 7) is 2.72. The maximum atomic E-state index is 13.2. The van der Waals surface area contributed by atoms with Crippen molar-refractivity contribution in [1.29, 1.82) is 0 Å². The van der Waals surface area contributed by atoms with Crippen LogP contribution in [-0.2, 0) is 6.54 Å². The highest BCUT2D eigenvalue weighted by molar-refractivity contribution is 6.04. The van der Waals surface area contributed by atoms with Crippen LogP contribution in [0.25, 0.3) is 0 Å². The maximum absolute atomic E-state index is 13.2. The molecule has 1 heterocycles. The van der Waals surface area contributed by atoms with Gasteiger partial charge in [0, 0.05) is 12.1 Å². The highest BCUT2D eigenvalue weighted by Crippen LogP contribution is 2.13. The SMILES string of the molecule is Cc1ccc(CNc2ccc(NC(=O)c3cccc(F)c3)cn2)cc1. The molecule has 1 amide bonds. The van der Waals surface area contributed by atoms with Crippen LogP contribution in [0.1, 0.15) is 21.5 Å². The van der Waals surface area contributed by atoms with Gasteiger partial charge in [-0.3, -0.25) is 4.79 Å². The first-order valence-electron chi connectivity index (χ1n) is 7.92. The number of nitrogens with zero attached hydrogens (tertiary/aromatic N) is 1. The van der Waals surface area contributed by atoms with E-state index in [9.17, 15) is 9.18 Å². The van der Waals surface area contributed by atoms with Gasteiger partial charge < -0.3 is 10.6 Å². The molecule has 0 aliphatic heterocycles. The lowest BCUT2D eigenvalue weighted by atomic mass is 10.1. The number of amides is 1. The summed E-state index contributed by atoms with van der Waals surface area (Å²) in [5.74, 6) is -0.104. The van der Waals surface area contributed by atoms with Gasteiger partial charge in [-0.15, -0.1) is 0 Å². The molecule has 3 aromatic rings. The van der Waals surface area contributed by atoms with E-state index in [2.05, 4.69) is 46.8 Å². The standard InChI is InChI=1S/C20H18FN3O/c1-14-5-7-15(8-6-14)12-22-19-10-9-18(13-23-19)24-20(25)16-3-2-4-17(21)11-16/h2-11,13H,12H2,1H3,(H,22,23)(H,24,25). The van der Waals surface area contributed by atoms with E-state index in [1.54, 1.807) is 24.4 Å². The van der Waals surface area contributed by atoms with Gasteiger partial charge in [-0.2, -0.15) is 0 Å². The summed E-state index contributed by atoms with van der Waals surface area (Å²) < 4.78 is 13.2. The van der Waals surface area contributed by atoms with Gasteiger partial charge in [0.05, 0.1) is 11.9 Å². The average Bonchev–Trinajstić information content (AvgIpc) is 2.62. The van der Waals surface area contributed by atoms with Crippen molar-refractivity contribution in [3.05, 3.63) is 89.4 Å². The van der Waals surface area contributed by atoms with E-state index in [0.29, 0.717) is 18.1 Å². The Balaban J connectivity index is 1.58. The van der Waals surface area contributed by atoms with Gasteiger partial charge in [-0.1, -0.05) is 35.9 Å². The third-order valence-corrected chi connectivity index (χ3v) is 3.70. The van der Waals surface area contributed by atoms with Crippen LogP contribution in [0.15, 0.2) is 66.9 Å². The summed E-state index contributed by atoms with van der Waals surface area (Å²) in [6, 6.07) is 17.4. The minimum absolute atomic E-state index is 0.265. The highest BCUT2D eigenvalue weighted by Gasteiger charge is 2.07. The van der Waals surface area contributed by atoms with Crippen LogP contribution in [-0.4, -0.2) is 10.9 Å². The summed E-state index contributed by atoms with van der Waals surface area (Å²) in [7, 11) is 0. The molecule has 1 aromatic heterocycles. The molecule has 25 heavy (non-hydrogen) atoms. The molecule has 2 N–H and O–H groups in total. The van der Waals surface area contributed by atoms with Crippen LogP contribution in [0.5, 0.6) is 0 Å². The van der Waals surface area contributed by atoms with Crippen molar-refractivity contribution in [2.24, 2.45) is 0 Å². The Morgan fingerprint density at radius 1 is 1.08 bits per heavy atom. The first-order chi connectivity index (χ1) is 12.1. The fraction of sp³-hybridized carbons (Fsp3) is 0.100. The van der Waals surface area contributed by atoms with Crippen LogP contribution in [0.3, 0.4) is 0 Å². The molecule has 0 radical (unpaired) electrons. The molecule has 2 aromatic carbocycles. The predicted molar refractivity (Wildman–Crippen MR) is 97.1 cm³/mol. The first kappa shape index (κ1) is 16.6. The molecular weight excluding hydrogens is 317 g/mol. The second kappa shape index (κ2) is 7.57. The molecule has 5 heteroatoms. The molecule has 0 fully saturated rings. The van der Waals surface area contributed by atoms with Crippen LogP contribution >= 0.6 is 0 Å². The molecule has 4 nitrogen and oxygen atoms in total. The van der Waals surface area contributed by atoms with E-state index in [4.69, 9.17) is 0 Å². The number of pyridine rings is 1. The summed E-state index contributed by atoms with van der Waals surface area (Å²) in [6.07, 6.45) is 1.56. The van der Waals surface area contributed by atoms with Gasteiger partial charge in [0.1, 0.15) is 11.6 Å². The number of hydrogen-bond donors (Lipinski definition) is 2. The van der Waals surface area contributed by atoms with Gasteiger partial charge in [0.15, 0.2) is 0 Å². The van der Waals surface area contributed by atoms with E-state index in [1.165, 1.54) is 23.8 Å². The van der Waals surface area contributed by atoms with E-state index >= 15 is 0 Å². The molecule has 0 aliphatic rings. The average molecular weight is 335 g/mol. The first-order valence-corrected chi connectivity index (χ1v) is 7.92. The molecule has 0 aliphatic carbocycles. The fourth-order valence-corrected chi connectivity index (χ4v) is 2.30. The third-order valence-electron chi connectivity index (χ3n) is 3.70. The maximum Gasteiger partial charge on any atom is 0.255 e. The summed E-state index contributed by atoms with van der Waals surface area (Å²) >= 11 is 0. The molecule has 0 saturated carbocycles. The number of hydrogen-bond acceptors (Lipinski definition) is 3. The largest absolute Gasteiger partial charge is 0.366 e. The minimum atomic E-state index is -0.443. The topological polar surface area (TPSA) is 54.0 Å². The third kappa shape index (κ3) is 4.64. The van der Waals surface area contributed by atoms with Crippen molar-refractivity contribution in [1.82, 2.24) is 4.98 Å². The predicted octanol–water partition coefficient (Wildman–Crippen LogP) is 4.39. The Morgan fingerprint density at radius 2 is 1.88 bits per heavy atom. The Morgan fingerprint density at radius 3 is 2.56 bits per heavy atom. The number of aryl methyl sites for hydroxylation is 1. The smallest absolute Gasteiger partial charge is 0.255 e. The lowest BCUT2D eigenvalue weighted by molar-refractivity contribution is 0.102. The van der Waals surface area contributed by atoms with Crippen LogP contribution in [0.4, 0.5) is 15.9 Å². The van der Waals surface area contributed by atoms with Gasteiger partial charge in [0.2, 0.25) is 0 Å². The fourth-order valence-electron chi connectivity index (χ4n) is 2.30. The highest BCUT2D eigenvalue weighted by atomic mass is 19.1. The summed E-state index contributed by atoms with van der Waals surface area (Å²) in [4.78, 5) is 16.3. The second-order valence-electron chi connectivity index (χ2n) is 5.74. The van der Waals surface area contributed by atoms with Gasteiger partial charge >= 0.3 is 0 Å². The number of rotatable bonds is 5. The van der Waals surface area contributed by atoms with Gasteiger partial charge in [-0.25, -0.2) is 9.37 Å². The van der Waals surface area contributed by atoms with Crippen molar-refractivity contribution in [2.75, 3.05) is 10.6 Å². The number of anilines is 2. The molecule has 3 rings (SSSR count). The molecule has 126 valence electrons. The molecule has 0 saturated heterocycles.